The zero-order valence-electron chi connectivity index (χ0n) is 15.1. The van der Waals surface area contributed by atoms with Crippen LogP contribution in [0.15, 0.2) is 47.6 Å². The van der Waals surface area contributed by atoms with Gasteiger partial charge in [0.1, 0.15) is 6.33 Å². The first-order valence-electron chi connectivity index (χ1n) is 9.16. The van der Waals surface area contributed by atoms with Crippen molar-refractivity contribution < 1.29 is 9.21 Å². The molecule has 0 radical (unpaired) electrons. The van der Waals surface area contributed by atoms with Crippen LogP contribution in [0.3, 0.4) is 0 Å². The van der Waals surface area contributed by atoms with Gasteiger partial charge < -0.3 is 19.6 Å². The Labute approximate surface area is 157 Å². The second-order valence-corrected chi connectivity index (χ2v) is 6.80. The second kappa shape index (κ2) is 7.61. The van der Waals surface area contributed by atoms with E-state index in [1.165, 1.54) is 19.2 Å². The molecule has 0 bridgehead atoms. The first-order valence-corrected chi connectivity index (χ1v) is 9.16. The molecule has 2 aromatic heterocycles. The van der Waals surface area contributed by atoms with Crippen LogP contribution in [0, 0.1) is 0 Å². The molecule has 8 nitrogen and oxygen atoms in total. The van der Waals surface area contributed by atoms with Gasteiger partial charge in [0, 0.05) is 17.3 Å². The predicted octanol–water partition coefficient (Wildman–Crippen LogP) is 3.93. The number of hydrogen-bond donors (Lipinski definition) is 2. The highest BCUT2D eigenvalue weighted by Gasteiger charge is 2.23. The van der Waals surface area contributed by atoms with Gasteiger partial charge in [0.15, 0.2) is 18.0 Å². The molecule has 0 saturated heterocycles. The molecule has 4 rings (SSSR count). The lowest BCUT2D eigenvalue weighted by molar-refractivity contribution is 0.248. The number of anilines is 1. The Morgan fingerprint density at radius 2 is 2.19 bits per heavy atom. The molecule has 1 atom stereocenters. The van der Waals surface area contributed by atoms with E-state index in [0.717, 1.165) is 24.2 Å². The van der Waals surface area contributed by atoms with E-state index in [9.17, 15) is 4.79 Å². The molecule has 0 spiro atoms. The summed E-state index contributed by atoms with van der Waals surface area (Å²) in [5.41, 5.74) is 1.52. The van der Waals surface area contributed by atoms with Crippen LogP contribution in [0.2, 0.25) is 0 Å². The molecule has 140 valence electrons. The molecule has 1 aromatic carbocycles. The predicted molar refractivity (Wildman–Crippen MR) is 100 cm³/mol. The smallest absolute Gasteiger partial charge is 0.319 e. The summed E-state index contributed by atoms with van der Waals surface area (Å²) in [6.07, 6.45) is 9.51. The summed E-state index contributed by atoms with van der Waals surface area (Å²) in [5, 5.41) is 14.1. The molecule has 8 heteroatoms. The summed E-state index contributed by atoms with van der Waals surface area (Å²) in [4.78, 5) is 16.3. The van der Waals surface area contributed by atoms with Crippen molar-refractivity contribution in [3.05, 3.63) is 49.0 Å². The van der Waals surface area contributed by atoms with Crippen LogP contribution < -0.4 is 10.6 Å². The maximum atomic E-state index is 12.4. The fraction of sp³-hybridized carbons (Fsp3) is 0.368. The van der Waals surface area contributed by atoms with Gasteiger partial charge in [-0.25, -0.2) is 9.78 Å². The summed E-state index contributed by atoms with van der Waals surface area (Å²) in [6.45, 7) is 1.92. The van der Waals surface area contributed by atoms with E-state index in [1.54, 1.807) is 12.5 Å². The quantitative estimate of drug-likeness (QED) is 0.713. The zero-order chi connectivity index (χ0) is 18.6. The Hall–Kier alpha value is -3.16. The van der Waals surface area contributed by atoms with Gasteiger partial charge in [-0.3, -0.25) is 0 Å². The summed E-state index contributed by atoms with van der Waals surface area (Å²) in [5.74, 6) is 1.43. The SMILES string of the molecule is C[C@@H](NC(=O)Nc1cccc(-c2cnco2)c1)c1nncn1C1CCCC1. The summed E-state index contributed by atoms with van der Waals surface area (Å²) in [7, 11) is 0. The molecular formula is C19H22N6O2. The molecule has 27 heavy (non-hydrogen) atoms. The van der Waals surface area contributed by atoms with Gasteiger partial charge in [-0.05, 0) is 31.9 Å². The molecule has 2 heterocycles. The maximum absolute atomic E-state index is 12.4. The molecule has 1 aliphatic rings. The van der Waals surface area contributed by atoms with Crippen molar-refractivity contribution in [3.8, 4) is 11.3 Å². The number of carbonyl (C=O) groups excluding carboxylic acids is 1. The topological polar surface area (TPSA) is 97.9 Å². The fourth-order valence-corrected chi connectivity index (χ4v) is 3.56. The Kier molecular flexibility index (Phi) is 4.86. The van der Waals surface area contributed by atoms with Gasteiger partial charge in [-0.2, -0.15) is 0 Å². The number of amides is 2. The molecular weight excluding hydrogens is 344 g/mol. The third-order valence-electron chi connectivity index (χ3n) is 4.89. The molecule has 2 amide bonds. The van der Waals surface area contributed by atoms with Crippen molar-refractivity contribution in [2.24, 2.45) is 0 Å². The van der Waals surface area contributed by atoms with E-state index in [0.29, 0.717) is 17.5 Å². The van der Waals surface area contributed by atoms with E-state index < -0.39 is 0 Å². The van der Waals surface area contributed by atoms with E-state index in [1.807, 2.05) is 31.2 Å². The van der Waals surface area contributed by atoms with Crippen LogP contribution in [0.4, 0.5) is 10.5 Å². The van der Waals surface area contributed by atoms with Crippen molar-refractivity contribution in [2.45, 2.75) is 44.7 Å². The number of urea groups is 1. The van der Waals surface area contributed by atoms with Gasteiger partial charge in [0.2, 0.25) is 0 Å². The van der Waals surface area contributed by atoms with Crippen molar-refractivity contribution >= 4 is 11.7 Å². The standard InChI is InChI=1S/C19H22N6O2/c1-13(18-24-21-11-25(18)16-7-2-3-8-16)22-19(26)23-15-6-4-5-14(9-15)17-10-20-12-27-17/h4-6,9-13,16H,2-3,7-8H2,1H3,(H2,22,23,26)/t13-/m1/s1. The normalized spacial score (nSPS) is 15.6. The number of hydrogen-bond acceptors (Lipinski definition) is 5. The van der Waals surface area contributed by atoms with Crippen LogP contribution in [0.5, 0.6) is 0 Å². The molecule has 2 N–H and O–H groups in total. The highest BCUT2D eigenvalue weighted by molar-refractivity contribution is 5.90. The number of nitrogens with one attached hydrogen (secondary N) is 2. The van der Waals surface area contributed by atoms with Crippen molar-refractivity contribution in [1.29, 1.82) is 0 Å². The molecule has 1 fully saturated rings. The zero-order valence-corrected chi connectivity index (χ0v) is 15.1. The Bertz CT molecular complexity index is 899. The van der Waals surface area contributed by atoms with Gasteiger partial charge >= 0.3 is 6.03 Å². The van der Waals surface area contributed by atoms with Crippen molar-refractivity contribution in [2.75, 3.05) is 5.32 Å². The third kappa shape index (κ3) is 3.84. The highest BCUT2D eigenvalue weighted by atomic mass is 16.3. The van der Waals surface area contributed by atoms with Gasteiger partial charge in [-0.15, -0.1) is 10.2 Å². The minimum atomic E-state index is -0.293. The number of oxazole rings is 1. The van der Waals surface area contributed by atoms with E-state index in [-0.39, 0.29) is 12.1 Å². The van der Waals surface area contributed by atoms with Crippen LogP contribution in [0.1, 0.15) is 50.5 Å². The van der Waals surface area contributed by atoms with Crippen LogP contribution >= 0.6 is 0 Å². The number of rotatable bonds is 5. The summed E-state index contributed by atoms with van der Waals surface area (Å²) >= 11 is 0. The molecule has 0 unspecified atom stereocenters. The van der Waals surface area contributed by atoms with Crippen LogP contribution in [0.25, 0.3) is 11.3 Å². The molecule has 1 saturated carbocycles. The largest absolute Gasteiger partial charge is 0.444 e. The number of nitrogens with zero attached hydrogens (tertiary/aromatic N) is 4. The highest BCUT2D eigenvalue weighted by Crippen LogP contribution is 2.31. The minimum Gasteiger partial charge on any atom is -0.444 e. The van der Waals surface area contributed by atoms with E-state index in [2.05, 4.69) is 30.4 Å². The monoisotopic (exact) mass is 366 g/mol. The van der Waals surface area contributed by atoms with Gasteiger partial charge in [0.25, 0.3) is 0 Å². The lowest BCUT2D eigenvalue weighted by Gasteiger charge is -2.19. The van der Waals surface area contributed by atoms with E-state index >= 15 is 0 Å². The first-order chi connectivity index (χ1) is 13.2. The van der Waals surface area contributed by atoms with Crippen molar-refractivity contribution in [1.82, 2.24) is 25.1 Å². The Morgan fingerprint density at radius 1 is 1.33 bits per heavy atom. The maximum Gasteiger partial charge on any atom is 0.319 e. The Balaban J connectivity index is 1.41. The van der Waals surface area contributed by atoms with Crippen LogP contribution in [-0.2, 0) is 0 Å². The first kappa shape index (κ1) is 17.3. The number of aromatic nitrogens is 4. The number of carbonyl (C=O) groups is 1. The van der Waals surface area contributed by atoms with Gasteiger partial charge in [-0.1, -0.05) is 25.0 Å². The fourth-order valence-electron chi connectivity index (χ4n) is 3.56. The lowest BCUT2D eigenvalue weighted by Crippen LogP contribution is -2.32. The summed E-state index contributed by atoms with van der Waals surface area (Å²) < 4.78 is 7.40. The molecule has 1 aliphatic carbocycles. The molecule has 0 aliphatic heterocycles. The third-order valence-corrected chi connectivity index (χ3v) is 4.89. The average molecular weight is 366 g/mol. The molecule has 3 aromatic rings. The minimum absolute atomic E-state index is 0.245. The number of benzene rings is 1. The van der Waals surface area contributed by atoms with E-state index in [4.69, 9.17) is 4.42 Å². The van der Waals surface area contributed by atoms with Crippen molar-refractivity contribution in [3.63, 3.8) is 0 Å². The summed E-state index contributed by atoms with van der Waals surface area (Å²) in [6, 6.07) is 7.31. The van der Waals surface area contributed by atoms with Crippen LogP contribution in [-0.4, -0.2) is 25.8 Å². The lowest BCUT2D eigenvalue weighted by atomic mass is 10.1. The average Bonchev–Trinajstić information content (AvgIpc) is 3.43. The van der Waals surface area contributed by atoms with Gasteiger partial charge in [0.05, 0.1) is 12.2 Å². The Morgan fingerprint density at radius 3 is 2.96 bits per heavy atom. The second-order valence-electron chi connectivity index (χ2n) is 6.80.